The predicted molar refractivity (Wildman–Crippen MR) is 91.1 cm³/mol. The second-order valence-corrected chi connectivity index (χ2v) is 6.58. The first kappa shape index (κ1) is 15.9. The highest BCUT2D eigenvalue weighted by Crippen LogP contribution is 2.33. The maximum absolute atomic E-state index is 13.4. The van der Waals surface area contributed by atoms with Gasteiger partial charge in [-0.25, -0.2) is 4.39 Å². The van der Waals surface area contributed by atoms with Crippen LogP contribution in [0.5, 0.6) is 11.5 Å². The molecule has 1 saturated heterocycles. The molecule has 0 saturated carbocycles. The highest BCUT2D eigenvalue weighted by atomic mass is 19.1. The van der Waals surface area contributed by atoms with E-state index in [0.717, 1.165) is 36.3 Å². The molecular weight excluding hydrogens is 321 g/mol. The lowest BCUT2D eigenvalue weighted by Crippen LogP contribution is -2.37. The monoisotopic (exact) mass is 341 g/mol. The van der Waals surface area contributed by atoms with Crippen molar-refractivity contribution in [1.82, 2.24) is 4.90 Å². The van der Waals surface area contributed by atoms with E-state index in [9.17, 15) is 9.18 Å². The highest BCUT2D eigenvalue weighted by Gasteiger charge is 2.29. The van der Waals surface area contributed by atoms with Crippen LogP contribution in [-0.2, 0) is 17.6 Å². The number of carbonyl (C=O) groups excluding carboxylic acids is 1. The summed E-state index contributed by atoms with van der Waals surface area (Å²) in [6.07, 6.45) is 3.00. The lowest BCUT2D eigenvalue weighted by Gasteiger charge is -2.25. The van der Waals surface area contributed by atoms with Crippen molar-refractivity contribution >= 4 is 5.91 Å². The van der Waals surface area contributed by atoms with Gasteiger partial charge >= 0.3 is 0 Å². The van der Waals surface area contributed by atoms with Gasteiger partial charge in [-0.15, -0.1) is 0 Å². The molecule has 1 unspecified atom stereocenters. The molecule has 1 atom stereocenters. The predicted octanol–water partition coefficient (Wildman–Crippen LogP) is 3.33. The Morgan fingerprint density at radius 2 is 2.00 bits per heavy atom. The van der Waals surface area contributed by atoms with Crippen LogP contribution < -0.4 is 9.47 Å². The summed E-state index contributed by atoms with van der Waals surface area (Å²) in [6.45, 7) is 0.998. The van der Waals surface area contributed by atoms with Crippen molar-refractivity contribution in [3.63, 3.8) is 0 Å². The van der Waals surface area contributed by atoms with E-state index in [1.165, 1.54) is 6.07 Å². The molecule has 2 aromatic carbocycles. The van der Waals surface area contributed by atoms with Crippen molar-refractivity contribution in [3.05, 3.63) is 59.4 Å². The Kier molecular flexibility index (Phi) is 4.30. The average molecular weight is 341 g/mol. The van der Waals surface area contributed by atoms with E-state index < -0.39 is 0 Å². The number of benzene rings is 2. The third-order valence-corrected chi connectivity index (χ3v) is 4.85. The van der Waals surface area contributed by atoms with Gasteiger partial charge in [-0.1, -0.05) is 18.2 Å². The Morgan fingerprint density at radius 3 is 2.88 bits per heavy atom. The zero-order valence-corrected chi connectivity index (χ0v) is 13.9. The second-order valence-electron chi connectivity index (χ2n) is 6.58. The molecule has 0 aromatic heterocycles. The van der Waals surface area contributed by atoms with Crippen molar-refractivity contribution < 1.29 is 18.7 Å². The van der Waals surface area contributed by atoms with Crippen molar-refractivity contribution in [2.75, 3.05) is 13.3 Å². The van der Waals surface area contributed by atoms with Gasteiger partial charge in [0.1, 0.15) is 5.82 Å². The molecule has 1 fully saturated rings. The first-order valence-electron chi connectivity index (χ1n) is 8.61. The number of ether oxygens (including phenoxy) is 2. The van der Waals surface area contributed by atoms with Crippen molar-refractivity contribution in [2.24, 2.45) is 0 Å². The zero-order valence-electron chi connectivity index (χ0n) is 13.9. The molecular formula is C20H20FNO3. The van der Waals surface area contributed by atoms with E-state index in [-0.39, 0.29) is 24.6 Å². The number of amides is 1. The Hall–Kier alpha value is -2.56. The molecule has 0 bridgehead atoms. The number of halogens is 1. The van der Waals surface area contributed by atoms with Crippen molar-refractivity contribution in [2.45, 2.75) is 31.7 Å². The average Bonchev–Trinajstić information content (AvgIpc) is 3.23. The molecule has 4 nitrogen and oxygen atoms in total. The summed E-state index contributed by atoms with van der Waals surface area (Å²) in [5, 5.41) is 0. The number of carbonyl (C=O) groups is 1. The Bertz CT molecular complexity index is 792. The maximum atomic E-state index is 13.4. The van der Waals surface area contributed by atoms with E-state index in [4.69, 9.17) is 9.47 Å². The van der Waals surface area contributed by atoms with Crippen LogP contribution in [0.25, 0.3) is 0 Å². The summed E-state index contributed by atoms with van der Waals surface area (Å²) in [7, 11) is 0. The Labute approximate surface area is 146 Å². The largest absolute Gasteiger partial charge is 0.454 e. The van der Waals surface area contributed by atoms with E-state index in [1.807, 2.05) is 29.2 Å². The van der Waals surface area contributed by atoms with Gasteiger partial charge in [0, 0.05) is 12.6 Å². The third kappa shape index (κ3) is 3.45. The SMILES string of the molecule is O=C(Cc1ccc2c(c1)OCO2)N1CCCC1Cc1cccc(F)c1. The van der Waals surface area contributed by atoms with Crippen LogP contribution in [0.3, 0.4) is 0 Å². The Morgan fingerprint density at radius 1 is 1.12 bits per heavy atom. The molecule has 0 spiro atoms. The van der Waals surface area contributed by atoms with E-state index in [0.29, 0.717) is 18.6 Å². The number of likely N-dealkylation sites (tertiary alicyclic amines) is 1. The van der Waals surface area contributed by atoms with Crippen LogP contribution in [0.15, 0.2) is 42.5 Å². The lowest BCUT2D eigenvalue weighted by atomic mass is 10.0. The molecule has 5 heteroatoms. The fourth-order valence-electron chi connectivity index (χ4n) is 3.64. The zero-order chi connectivity index (χ0) is 17.2. The quantitative estimate of drug-likeness (QED) is 0.856. The van der Waals surface area contributed by atoms with Gasteiger partial charge in [0.15, 0.2) is 11.5 Å². The van der Waals surface area contributed by atoms with E-state index >= 15 is 0 Å². The fourth-order valence-corrected chi connectivity index (χ4v) is 3.64. The smallest absolute Gasteiger partial charge is 0.231 e. The number of hydrogen-bond acceptors (Lipinski definition) is 3. The van der Waals surface area contributed by atoms with Crippen LogP contribution >= 0.6 is 0 Å². The topological polar surface area (TPSA) is 38.8 Å². The standard InChI is InChI=1S/C20H20FNO3/c21-16-4-1-3-14(9-16)10-17-5-2-8-22(17)20(23)12-15-6-7-18-19(11-15)25-13-24-18/h1,3-4,6-7,9,11,17H,2,5,8,10,12-13H2. The molecule has 1 amide bonds. The van der Waals surface area contributed by atoms with Crippen LogP contribution in [0.1, 0.15) is 24.0 Å². The fraction of sp³-hybridized carbons (Fsp3) is 0.350. The molecule has 2 aromatic rings. The van der Waals surface area contributed by atoms with Crippen LogP contribution in [0.2, 0.25) is 0 Å². The summed E-state index contributed by atoms with van der Waals surface area (Å²) in [5.41, 5.74) is 1.86. The van der Waals surface area contributed by atoms with Gasteiger partial charge in [-0.2, -0.15) is 0 Å². The number of nitrogens with zero attached hydrogens (tertiary/aromatic N) is 1. The summed E-state index contributed by atoms with van der Waals surface area (Å²) in [4.78, 5) is 14.7. The van der Waals surface area contributed by atoms with E-state index in [1.54, 1.807) is 12.1 Å². The molecule has 2 heterocycles. The normalized spacial score (nSPS) is 18.6. The minimum absolute atomic E-state index is 0.109. The van der Waals surface area contributed by atoms with Gasteiger partial charge < -0.3 is 14.4 Å². The van der Waals surface area contributed by atoms with Gasteiger partial charge in [0.25, 0.3) is 0 Å². The molecule has 2 aliphatic rings. The molecule has 0 radical (unpaired) electrons. The number of fused-ring (bicyclic) bond motifs is 1. The van der Waals surface area contributed by atoms with Crippen molar-refractivity contribution in [3.8, 4) is 11.5 Å². The molecule has 0 aliphatic carbocycles. The number of hydrogen-bond donors (Lipinski definition) is 0. The highest BCUT2D eigenvalue weighted by molar-refractivity contribution is 5.79. The van der Waals surface area contributed by atoms with Gasteiger partial charge in [0.05, 0.1) is 6.42 Å². The van der Waals surface area contributed by atoms with Crippen LogP contribution in [0, 0.1) is 5.82 Å². The van der Waals surface area contributed by atoms with Crippen LogP contribution in [0.4, 0.5) is 4.39 Å². The minimum atomic E-state index is -0.228. The molecule has 4 rings (SSSR count). The number of rotatable bonds is 4. The Balaban J connectivity index is 1.43. The first-order chi connectivity index (χ1) is 12.2. The lowest BCUT2D eigenvalue weighted by molar-refractivity contribution is -0.131. The molecule has 130 valence electrons. The van der Waals surface area contributed by atoms with Crippen LogP contribution in [-0.4, -0.2) is 30.2 Å². The molecule has 0 N–H and O–H groups in total. The van der Waals surface area contributed by atoms with E-state index in [2.05, 4.69) is 0 Å². The summed E-state index contributed by atoms with van der Waals surface area (Å²) >= 11 is 0. The third-order valence-electron chi connectivity index (χ3n) is 4.85. The minimum Gasteiger partial charge on any atom is -0.454 e. The molecule has 25 heavy (non-hydrogen) atoms. The van der Waals surface area contributed by atoms with Crippen molar-refractivity contribution in [1.29, 1.82) is 0 Å². The second kappa shape index (κ2) is 6.75. The summed E-state index contributed by atoms with van der Waals surface area (Å²) in [5.74, 6) is 1.30. The summed E-state index contributed by atoms with van der Waals surface area (Å²) in [6, 6.07) is 12.4. The van der Waals surface area contributed by atoms with Gasteiger partial charge in [-0.05, 0) is 54.7 Å². The van der Waals surface area contributed by atoms with Gasteiger partial charge in [0.2, 0.25) is 12.7 Å². The maximum Gasteiger partial charge on any atom is 0.231 e. The molecule has 2 aliphatic heterocycles. The van der Waals surface area contributed by atoms with Gasteiger partial charge in [-0.3, -0.25) is 4.79 Å². The first-order valence-corrected chi connectivity index (χ1v) is 8.61. The summed E-state index contributed by atoms with van der Waals surface area (Å²) < 4.78 is 24.1.